The van der Waals surface area contributed by atoms with Crippen LogP contribution in [-0.2, 0) is 4.74 Å². The van der Waals surface area contributed by atoms with E-state index >= 15 is 0 Å². The van der Waals surface area contributed by atoms with Crippen LogP contribution < -0.4 is 14.8 Å². The average Bonchev–Trinajstić information content (AvgIpc) is 3.01. The molecule has 1 aromatic carbocycles. The SMILES string of the molecule is CC(C)(C)[C@H]1OCC[C@@H]1CNC(=O)c1cccc2c1OCCO2. The third-order valence-corrected chi connectivity index (χ3v) is 4.40. The van der Waals surface area contributed by atoms with Crippen molar-refractivity contribution in [3.05, 3.63) is 23.8 Å². The minimum absolute atomic E-state index is 0.0781. The lowest BCUT2D eigenvalue weighted by Crippen LogP contribution is -2.38. The molecule has 1 N–H and O–H groups in total. The van der Waals surface area contributed by atoms with Gasteiger partial charge in [-0.3, -0.25) is 4.79 Å². The van der Waals surface area contributed by atoms with Gasteiger partial charge in [0.25, 0.3) is 5.91 Å². The van der Waals surface area contributed by atoms with E-state index in [9.17, 15) is 4.79 Å². The Balaban J connectivity index is 1.66. The third kappa shape index (κ3) is 3.44. The Morgan fingerprint density at radius 2 is 2.00 bits per heavy atom. The molecule has 0 spiro atoms. The highest BCUT2D eigenvalue weighted by molar-refractivity contribution is 5.97. The second-order valence-corrected chi connectivity index (χ2v) is 7.25. The number of ether oxygens (including phenoxy) is 3. The fraction of sp³-hybridized carbons (Fsp3) is 0.611. The normalized spacial score (nSPS) is 23.6. The van der Waals surface area contributed by atoms with Crippen molar-refractivity contribution in [1.82, 2.24) is 5.32 Å². The van der Waals surface area contributed by atoms with Gasteiger partial charge in [-0.05, 0) is 24.0 Å². The summed E-state index contributed by atoms with van der Waals surface area (Å²) in [6.45, 7) is 8.90. The lowest BCUT2D eigenvalue weighted by Gasteiger charge is -2.31. The Kier molecular flexibility index (Phi) is 4.48. The molecule has 1 saturated heterocycles. The van der Waals surface area contributed by atoms with Gasteiger partial charge in [0.05, 0.1) is 11.7 Å². The van der Waals surface area contributed by atoms with Crippen LogP contribution in [0, 0.1) is 11.3 Å². The van der Waals surface area contributed by atoms with E-state index in [1.165, 1.54) is 0 Å². The Hall–Kier alpha value is -1.75. The fourth-order valence-electron chi connectivity index (χ4n) is 3.37. The number of hydrogen-bond donors (Lipinski definition) is 1. The molecule has 1 fully saturated rings. The van der Waals surface area contributed by atoms with Crippen LogP contribution in [0.4, 0.5) is 0 Å². The summed E-state index contributed by atoms with van der Waals surface area (Å²) in [6, 6.07) is 5.42. The van der Waals surface area contributed by atoms with Crippen molar-refractivity contribution in [3.8, 4) is 11.5 Å². The maximum atomic E-state index is 12.5. The molecule has 1 amide bonds. The minimum atomic E-state index is -0.119. The van der Waals surface area contributed by atoms with Crippen molar-refractivity contribution in [2.24, 2.45) is 11.3 Å². The van der Waals surface area contributed by atoms with E-state index < -0.39 is 0 Å². The smallest absolute Gasteiger partial charge is 0.255 e. The van der Waals surface area contributed by atoms with E-state index in [-0.39, 0.29) is 17.4 Å². The van der Waals surface area contributed by atoms with E-state index in [1.54, 1.807) is 6.07 Å². The largest absolute Gasteiger partial charge is 0.486 e. The van der Waals surface area contributed by atoms with Crippen molar-refractivity contribution in [1.29, 1.82) is 0 Å². The molecule has 2 aliphatic heterocycles. The Labute approximate surface area is 137 Å². The van der Waals surface area contributed by atoms with Crippen LogP contribution in [-0.4, -0.2) is 38.4 Å². The first-order valence-electron chi connectivity index (χ1n) is 8.25. The van der Waals surface area contributed by atoms with E-state index in [1.807, 2.05) is 12.1 Å². The van der Waals surface area contributed by atoms with Crippen LogP contribution in [0.25, 0.3) is 0 Å². The molecule has 2 heterocycles. The molecule has 3 rings (SSSR count). The van der Waals surface area contributed by atoms with E-state index in [2.05, 4.69) is 26.1 Å². The first kappa shape index (κ1) is 16.1. The number of para-hydroxylation sites is 1. The number of carbonyl (C=O) groups excluding carboxylic acids is 1. The summed E-state index contributed by atoms with van der Waals surface area (Å²) >= 11 is 0. The number of benzene rings is 1. The van der Waals surface area contributed by atoms with Gasteiger partial charge in [0.15, 0.2) is 11.5 Å². The molecule has 1 aromatic rings. The molecule has 0 radical (unpaired) electrons. The molecule has 0 aliphatic carbocycles. The van der Waals surface area contributed by atoms with Crippen molar-refractivity contribution in [2.45, 2.75) is 33.3 Å². The lowest BCUT2D eigenvalue weighted by atomic mass is 9.81. The first-order chi connectivity index (χ1) is 11.0. The fourth-order valence-corrected chi connectivity index (χ4v) is 3.37. The van der Waals surface area contributed by atoms with Crippen molar-refractivity contribution in [2.75, 3.05) is 26.4 Å². The Morgan fingerprint density at radius 1 is 1.22 bits per heavy atom. The monoisotopic (exact) mass is 319 g/mol. The zero-order valence-electron chi connectivity index (χ0n) is 14.1. The van der Waals surface area contributed by atoms with Crippen LogP contribution in [0.3, 0.4) is 0 Å². The second-order valence-electron chi connectivity index (χ2n) is 7.25. The summed E-state index contributed by atoms with van der Waals surface area (Å²) < 4.78 is 17.0. The van der Waals surface area contributed by atoms with E-state index in [0.717, 1.165) is 13.0 Å². The van der Waals surface area contributed by atoms with Crippen LogP contribution >= 0.6 is 0 Å². The van der Waals surface area contributed by atoms with Gasteiger partial charge in [0.1, 0.15) is 13.2 Å². The summed E-state index contributed by atoms with van der Waals surface area (Å²) in [6.07, 6.45) is 1.15. The van der Waals surface area contributed by atoms with Crippen LogP contribution in [0.15, 0.2) is 18.2 Å². The quantitative estimate of drug-likeness (QED) is 0.930. The molecular weight excluding hydrogens is 294 g/mol. The van der Waals surface area contributed by atoms with Gasteiger partial charge in [-0.15, -0.1) is 0 Å². The zero-order chi connectivity index (χ0) is 16.4. The molecule has 5 nitrogen and oxygen atoms in total. The number of amides is 1. The molecule has 126 valence electrons. The molecular formula is C18H25NO4. The zero-order valence-corrected chi connectivity index (χ0v) is 14.1. The first-order valence-corrected chi connectivity index (χ1v) is 8.25. The Bertz CT molecular complexity index is 579. The van der Waals surface area contributed by atoms with Gasteiger partial charge in [0.2, 0.25) is 0 Å². The number of carbonyl (C=O) groups is 1. The minimum Gasteiger partial charge on any atom is -0.486 e. The topological polar surface area (TPSA) is 56.8 Å². The molecule has 2 atom stereocenters. The summed E-state index contributed by atoms with van der Waals surface area (Å²) in [5, 5.41) is 3.04. The molecule has 0 unspecified atom stereocenters. The predicted octanol–water partition coefficient (Wildman–Crippen LogP) is 2.64. The van der Waals surface area contributed by atoms with Crippen LogP contribution in [0.2, 0.25) is 0 Å². The van der Waals surface area contributed by atoms with Gasteiger partial charge in [0, 0.05) is 19.1 Å². The highest BCUT2D eigenvalue weighted by Crippen LogP contribution is 2.35. The second kappa shape index (κ2) is 6.40. The molecule has 0 aromatic heterocycles. The van der Waals surface area contributed by atoms with Gasteiger partial charge in [-0.1, -0.05) is 26.8 Å². The summed E-state index contributed by atoms with van der Waals surface area (Å²) in [4.78, 5) is 12.5. The molecule has 23 heavy (non-hydrogen) atoms. The maximum Gasteiger partial charge on any atom is 0.255 e. The van der Waals surface area contributed by atoms with Gasteiger partial charge < -0.3 is 19.5 Å². The predicted molar refractivity (Wildman–Crippen MR) is 87.1 cm³/mol. The van der Waals surface area contributed by atoms with Crippen LogP contribution in [0.5, 0.6) is 11.5 Å². The highest BCUT2D eigenvalue weighted by atomic mass is 16.6. The third-order valence-electron chi connectivity index (χ3n) is 4.40. The lowest BCUT2D eigenvalue weighted by molar-refractivity contribution is 0.00736. The summed E-state index contributed by atoms with van der Waals surface area (Å²) in [5.74, 6) is 1.41. The summed E-state index contributed by atoms with van der Waals surface area (Å²) in [7, 11) is 0. The highest BCUT2D eigenvalue weighted by Gasteiger charge is 2.37. The number of rotatable bonds is 3. The van der Waals surface area contributed by atoms with E-state index in [0.29, 0.717) is 42.7 Å². The van der Waals surface area contributed by atoms with Crippen LogP contribution in [0.1, 0.15) is 37.6 Å². The molecule has 0 bridgehead atoms. The summed E-state index contributed by atoms with van der Waals surface area (Å²) in [5.41, 5.74) is 0.614. The number of fused-ring (bicyclic) bond motifs is 1. The van der Waals surface area contributed by atoms with Gasteiger partial charge in [-0.2, -0.15) is 0 Å². The molecule has 2 aliphatic rings. The molecule has 0 saturated carbocycles. The number of hydrogen-bond acceptors (Lipinski definition) is 4. The van der Waals surface area contributed by atoms with Crippen molar-refractivity contribution < 1.29 is 19.0 Å². The number of nitrogens with one attached hydrogen (secondary N) is 1. The Morgan fingerprint density at radius 3 is 2.78 bits per heavy atom. The van der Waals surface area contributed by atoms with Gasteiger partial charge >= 0.3 is 0 Å². The average molecular weight is 319 g/mol. The van der Waals surface area contributed by atoms with E-state index in [4.69, 9.17) is 14.2 Å². The van der Waals surface area contributed by atoms with Crippen molar-refractivity contribution in [3.63, 3.8) is 0 Å². The standard InChI is InChI=1S/C18H25NO4/c1-18(2,3)16-12(7-8-23-16)11-19-17(20)13-5-4-6-14-15(13)22-10-9-21-14/h4-6,12,16H,7-11H2,1-3H3,(H,19,20)/t12-,16+/m1/s1. The van der Waals surface area contributed by atoms with Crippen molar-refractivity contribution >= 4 is 5.91 Å². The molecule has 5 heteroatoms. The van der Waals surface area contributed by atoms with Gasteiger partial charge in [-0.25, -0.2) is 0 Å². The maximum absolute atomic E-state index is 12.5.